The van der Waals surface area contributed by atoms with Crippen LogP contribution in [0.5, 0.6) is 0 Å². The average Bonchev–Trinajstić information content (AvgIpc) is 2.51. The molecule has 1 aromatic heterocycles. The van der Waals surface area contributed by atoms with Crippen LogP contribution in [0.3, 0.4) is 0 Å². The second kappa shape index (κ2) is 6.08. The van der Waals surface area contributed by atoms with Crippen molar-refractivity contribution in [1.82, 2.24) is 4.57 Å². The van der Waals surface area contributed by atoms with Gasteiger partial charge in [0, 0.05) is 28.5 Å². The Morgan fingerprint density at radius 1 is 1.32 bits per heavy atom. The number of para-hydroxylation sites is 1. The molecule has 0 unspecified atom stereocenters. The summed E-state index contributed by atoms with van der Waals surface area (Å²) in [6.07, 6.45) is 3.62. The monoisotopic (exact) mass is 360 g/mol. The molecule has 22 heavy (non-hydrogen) atoms. The van der Waals surface area contributed by atoms with Gasteiger partial charge in [-0.1, -0.05) is 18.2 Å². The summed E-state index contributed by atoms with van der Waals surface area (Å²) >= 11 is 3.37. The quantitative estimate of drug-likeness (QED) is 0.826. The molecule has 0 bridgehead atoms. The number of anilines is 1. The normalized spacial score (nSPS) is 13.8. The second-order valence-electron chi connectivity index (χ2n) is 5.55. The Labute approximate surface area is 137 Å². The molecule has 2 aromatic rings. The molecule has 4 nitrogen and oxygen atoms in total. The van der Waals surface area contributed by atoms with Crippen LogP contribution in [0.2, 0.25) is 0 Å². The molecule has 0 radical (unpaired) electrons. The van der Waals surface area contributed by atoms with E-state index in [1.165, 1.54) is 10.1 Å². The molecule has 1 aliphatic heterocycles. The number of hydrogen-bond donors (Lipinski definition) is 0. The van der Waals surface area contributed by atoms with Crippen LogP contribution in [-0.4, -0.2) is 17.0 Å². The molecule has 0 fully saturated rings. The van der Waals surface area contributed by atoms with E-state index in [2.05, 4.69) is 22.0 Å². The fourth-order valence-electron chi connectivity index (χ4n) is 2.88. The van der Waals surface area contributed by atoms with Crippen molar-refractivity contribution in [1.29, 1.82) is 0 Å². The zero-order chi connectivity index (χ0) is 15.7. The summed E-state index contributed by atoms with van der Waals surface area (Å²) in [5, 5.41) is 0. The second-order valence-corrected chi connectivity index (χ2v) is 6.47. The van der Waals surface area contributed by atoms with Crippen molar-refractivity contribution in [3.63, 3.8) is 0 Å². The lowest BCUT2D eigenvalue weighted by molar-refractivity contribution is -0.119. The minimum absolute atomic E-state index is 0.0493. The van der Waals surface area contributed by atoms with E-state index in [9.17, 15) is 9.59 Å². The lowest BCUT2D eigenvalue weighted by Crippen LogP contribution is -2.39. The van der Waals surface area contributed by atoms with Crippen molar-refractivity contribution in [2.75, 3.05) is 11.4 Å². The average molecular weight is 361 g/mol. The molecule has 0 aliphatic carbocycles. The largest absolute Gasteiger partial charge is 0.311 e. The first kappa shape index (κ1) is 15.0. The Hall–Kier alpha value is -1.88. The van der Waals surface area contributed by atoms with Crippen LogP contribution in [0.1, 0.15) is 17.5 Å². The highest BCUT2D eigenvalue weighted by atomic mass is 79.9. The molecule has 3 rings (SSSR count). The van der Waals surface area contributed by atoms with Crippen molar-refractivity contribution in [3.05, 3.63) is 62.5 Å². The molecule has 1 aromatic carbocycles. The van der Waals surface area contributed by atoms with Crippen molar-refractivity contribution >= 4 is 27.5 Å². The van der Waals surface area contributed by atoms with E-state index >= 15 is 0 Å². The van der Waals surface area contributed by atoms with Gasteiger partial charge in [-0.3, -0.25) is 9.59 Å². The van der Waals surface area contributed by atoms with E-state index in [1.807, 2.05) is 18.2 Å². The van der Waals surface area contributed by atoms with E-state index in [0.29, 0.717) is 12.1 Å². The number of hydrogen-bond acceptors (Lipinski definition) is 2. The van der Waals surface area contributed by atoms with Gasteiger partial charge in [0.1, 0.15) is 6.54 Å². The lowest BCUT2D eigenvalue weighted by atomic mass is 10.0. The summed E-state index contributed by atoms with van der Waals surface area (Å²) in [4.78, 5) is 26.6. The highest BCUT2D eigenvalue weighted by molar-refractivity contribution is 9.10. The highest BCUT2D eigenvalue weighted by Crippen LogP contribution is 2.26. The van der Waals surface area contributed by atoms with Crippen LogP contribution in [-0.2, 0) is 17.8 Å². The molecule has 2 heterocycles. The minimum atomic E-state index is -0.123. The number of carbonyl (C=O) groups excluding carboxylic acids is 1. The van der Waals surface area contributed by atoms with Crippen LogP contribution in [0, 0.1) is 6.92 Å². The van der Waals surface area contributed by atoms with Crippen molar-refractivity contribution < 1.29 is 4.79 Å². The number of carbonyl (C=O) groups is 1. The van der Waals surface area contributed by atoms with Gasteiger partial charge in [-0.2, -0.15) is 0 Å². The Bertz CT molecular complexity index is 782. The number of nitrogens with zero attached hydrogens (tertiary/aromatic N) is 2. The summed E-state index contributed by atoms with van der Waals surface area (Å²) in [5.74, 6) is -0.0493. The fraction of sp³-hybridized carbons (Fsp3) is 0.294. The molecular formula is C17H17BrN2O2. The Morgan fingerprint density at radius 3 is 2.91 bits per heavy atom. The lowest BCUT2D eigenvalue weighted by Gasteiger charge is -2.29. The number of benzene rings is 1. The number of halogens is 1. The summed E-state index contributed by atoms with van der Waals surface area (Å²) in [6.45, 7) is 2.52. The number of amides is 1. The molecular weight excluding hydrogens is 344 g/mol. The fourth-order valence-corrected chi connectivity index (χ4v) is 3.47. The third-order valence-corrected chi connectivity index (χ3v) is 4.38. The molecule has 0 atom stereocenters. The third-order valence-electron chi connectivity index (χ3n) is 3.95. The van der Waals surface area contributed by atoms with Crippen molar-refractivity contribution in [3.8, 4) is 0 Å². The van der Waals surface area contributed by atoms with Gasteiger partial charge in [-0.15, -0.1) is 0 Å². The number of aryl methyl sites for hydroxylation is 2. The third kappa shape index (κ3) is 2.86. The van der Waals surface area contributed by atoms with Crippen LogP contribution in [0.25, 0.3) is 0 Å². The number of pyridine rings is 1. The smallest absolute Gasteiger partial charge is 0.253 e. The van der Waals surface area contributed by atoms with E-state index < -0.39 is 0 Å². The summed E-state index contributed by atoms with van der Waals surface area (Å²) in [5.41, 5.74) is 2.67. The standard InChI is InChI=1S/C17H17BrN2O2/c1-12-9-14(18)10-19(17(12)22)11-16(21)20-8-4-6-13-5-2-3-7-15(13)20/h2-3,5,7,9-10H,4,6,8,11H2,1H3. The Balaban J connectivity index is 1.89. The molecule has 0 saturated carbocycles. The van der Waals surface area contributed by atoms with Crippen LogP contribution < -0.4 is 10.5 Å². The van der Waals surface area contributed by atoms with Gasteiger partial charge >= 0.3 is 0 Å². The van der Waals surface area contributed by atoms with Crippen molar-refractivity contribution in [2.24, 2.45) is 0 Å². The van der Waals surface area contributed by atoms with Gasteiger partial charge in [0.25, 0.3) is 5.56 Å². The topological polar surface area (TPSA) is 42.3 Å². The van der Waals surface area contributed by atoms with E-state index in [-0.39, 0.29) is 18.0 Å². The van der Waals surface area contributed by atoms with Gasteiger partial charge in [0.2, 0.25) is 5.91 Å². The molecule has 0 spiro atoms. The highest BCUT2D eigenvalue weighted by Gasteiger charge is 2.22. The molecule has 5 heteroatoms. The van der Waals surface area contributed by atoms with Gasteiger partial charge < -0.3 is 9.47 Å². The molecule has 1 aliphatic rings. The van der Waals surface area contributed by atoms with Crippen LogP contribution in [0.4, 0.5) is 5.69 Å². The first-order valence-corrected chi connectivity index (χ1v) is 8.10. The number of fused-ring (bicyclic) bond motifs is 1. The Morgan fingerprint density at radius 2 is 2.09 bits per heavy atom. The maximum atomic E-state index is 12.7. The van der Waals surface area contributed by atoms with Gasteiger partial charge in [0.05, 0.1) is 0 Å². The first-order chi connectivity index (χ1) is 10.6. The first-order valence-electron chi connectivity index (χ1n) is 7.31. The van der Waals surface area contributed by atoms with Gasteiger partial charge in [-0.05, 0) is 53.4 Å². The van der Waals surface area contributed by atoms with Crippen molar-refractivity contribution in [2.45, 2.75) is 26.3 Å². The molecule has 114 valence electrons. The van der Waals surface area contributed by atoms with E-state index in [4.69, 9.17) is 0 Å². The predicted octanol–water partition coefficient (Wildman–Crippen LogP) is 2.90. The molecule has 0 saturated heterocycles. The van der Waals surface area contributed by atoms with Gasteiger partial charge in [-0.25, -0.2) is 0 Å². The maximum absolute atomic E-state index is 12.7. The summed E-state index contributed by atoms with van der Waals surface area (Å²) in [7, 11) is 0. The molecule has 0 N–H and O–H groups in total. The van der Waals surface area contributed by atoms with Crippen LogP contribution >= 0.6 is 15.9 Å². The number of aromatic nitrogens is 1. The van der Waals surface area contributed by atoms with E-state index in [1.54, 1.807) is 24.1 Å². The molecule has 1 amide bonds. The number of rotatable bonds is 2. The minimum Gasteiger partial charge on any atom is -0.311 e. The van der Waals surface area contributed by atoms with Crippen LogP contribution in [0.15, 0.2) is 45.8 Å². The predicted molar refractivity (Wildman–Crippen MR) is 90.3 cm³/mol. The summed E-state index contributed by atoms with van der Waals surface area (Å²) in [6, 6.07) is 9.74. The zero-order valence-electron chi connectivity index (χ0n) is 12.4. The van der Waals surface area contributed by atoms with E-state index in [0.717, 1.165) is 23.0 Å². The SMILES string of the molecule is Cc1cc(Br)cn(CC(=O)N2CCCc3ccccc32)c1=O. The summed E-state index contributed by atoms with van der Waals surface area (Å²) < 4.78 is 2.27. The zero-order valence-corrected chi connectivity index (χ0v) is 14.0. The van der Waals surface area contributed by atoms with Gasteiger partial charge in [0.15, 0.2) is 0 Å². The Kier molecular flexibility index (Phi) is 4.16. The maximum Gasteiger partial charge on any atom is 0.253 e.